The first-order valence-electron chi connectivity index (χ1n) is 2.12. The van der Waals surface area contributed by atoms with Gasteiger partial charge in [-0.2, -0.15) is 0 Å². The van der Waals surface area contributed by atoms with Crippen molar-refractivity contribution in [1.29, 1.82) is 0 Å². The van der Waals surface area contributed by atoms with Gasteiger partial charge >= 0.3 is 0 Å². The van der Waals surface area contributed by atoms with Crippen molar-refractivity contribution < 1.29 is 4.39 Å². The maximum Gasteiger partial charge on any atom is 0.123 e. The summed E-state index contributed by atoms with van der Waals surface area (Å²) in [6, 6.07) is 0. The third kappa shape index (κ3) is 1.20. The second kappa shape index (κ2) is 1.49. The number of alkyl halides is 3. The van der Waals surface area contributed by atoms with E-state index in [1.54, 1.807) is 0 Å². The SMILES string of the molecule is FC1CC(Cl)(Cl)C1. The molecule has 7 heavy (non-hydrogen) atoms. The Labute approximate surface area is 51.6 Å². The molecule has 0 amide bonds. The molecule has 1 saturated carbocycles. The number of rotatable bonds is 0. The first-order chi connectivity index (χ1) is 3.10. The van der Waals surface area contributed by atoms with E-state index in [0.717, 1.165) is 0 Å². The van der Waals surface area contributed by atoms with E-state index in [9.17, 15) is 4.39 Å². The van der Waals surface area contributed by atoms with Gasteiger partial charge in [-0.15, -0.1) is 23.2 Å². The zero-order chi connectivity index (χ0) is 5.49. The van der Waals surface area contributed by atoms with E-state index in [1.165, 1.54) is 0 Å². The van der Waals surface area contributed by atoms with Crippen molar-refractivity contribution in [2.24, 2.45) is 0 Å². The minimum absolute atomic E-state index is 0.302. The quantitative estimate of drug-likeness (QED) is 0.456. The predicted molar refractivity (Wildman–Crippen MR) is 28.6 cm³/mol. The Morgan fingerprint density at radius 3 is 1.86 bits per heavy atom. The summed E-state index contributed by atoms with van der Waals surface area (Å²) in [7, 11) is 0. The standard InChI is InChI=1S/C4H5Cl2F/c5-4(6)1-3(7)2-4/h3H,1-2H2. The molecule has 3 heteroatoms. The minimum Gasteiger partial charge on any atom is -0.247 e. The van der Waals surface area contributed by atoms with E-state index in [-0.39, 0.29) is 0 Å². The van der Waals surface area contributed by atoms with Gasteiger partial charge in [-0.3, -0.25) is 0 Å². The number of hydrogen-bond donors (Lipinski definition) is 0. The molecule has 1 fully saturated rings. The highest BCUT2D eigenvalue weighted by Crippen LogP contribution is 2.43. The Bertz CT molecular complexity index is 73.8. The lowest BCUT2D eigenvalue weighted by atomic mass is 9.96. The maximum absolute atomic E-state index is 11.8. The summed E-state index contributed by atoms with van der Waals surface area (Å²) in [4.78, 5) is 0. The Morgan fingerprint density at radius 1 is 1.43 bits per heavy atom. The van der Waals surface area contributed by atoms with Gasteiger partial charge in [-0.1, -0.05) is 0 Å². The van der Waals surface area contributed by atoms with Crippen LogP contribution in [0.2, 0.25) is 0 Å². The van der Waals surface area contributed by atoms with Gasteiger partial charge in [0, 0.05) is 12.8 Å². The summed E-state index contributed by atoms with van der Waals surface area (Å²) < 4.78 is 11.1. The molecule has 1 aliphatic rings. The Balaban J connectivity index is 2.29. The lowest BCUT2D eigenvalue weighted by molar-refractivity contribution is 0.197. The first kappa shape index (κ1) is 5.64. The minimum atomic E-state index is -0.755. The number of halogens is 3. The molecular weight excluding hydrogens is 138 g/mol. The fourth-order valence-electron chi connectivity index (χ4n) is 0.588. The van der Waals surface area contributed by atoms with Crippen LogP contribution >= 0.6 is 23.2 Å². The van der Waals surface area contributed by atoms with Crippen LogP contribution in [0.1, 0.15) is 12.8 Å². The van der Waals surface area contributed by atoms with Gasteiger partial charge in [0.1, 0.15) is 10.5 Å². The van der Waals surface area contributed by atoms with Crippen LogP contribution < -0.4 is 0 Å². The van der Waals surface area contributed by atoms with E-state index in [2.05, 4.69) is 0 Å². The fraction of sp³-hybridized carbons (Fsp3) is 1.00. The van der Waals surface area contributed by atoms with Gasteiger partial charge < -0.3 is 0 Å². The predicted octanol–water partition coefficient (Wildman–Crippen LogP) is 2.29. The van der Waals surface area contributed by atoms with Gasteiger partial charge in [0.2, 0.25) is 0 Å². The molecule has 0 aromatic heterocycles. The molecule has 0 bridgehead atoms. The summed E-state index contributed by atoms with van der Waals surface area (Å²) in [6.07, 6.45) is -0.151. The van der Waals surface area contributed by atoms with Crippen molar-refractivity contribution in [3.8, 4) is 0 Å². The molecule has 1 aliphatic carbocycles. The molecule has 0 aromatic carbocycles. The largest absolute Gasteiger partial charge is 0.247 e. The van der Waals surface area contributed by atoms with Crippen LogP contribution in [-0.4, -0.2) is 10.5 Å². The third-order valence-electron chi connectivity index (χ3n) is 1.04. The molecule has 0 aliphatic heterocycles. The van der Waals surface area contributed by atoms with Crippen molar-refractivity contribution in [1.82, 2.24) is 0 Å². The average molecular weight is 143 g/mol. The van der Waals surface area contributed by atoms with E-state index in [0.29, 0.717) is 12.8 Å². The van der Waals surface area contributed by atoms with E-state index in [4.69, 9.17) is 23.2 Å². The Hall–Kier alpha value is 0.510. The number of hydrogen-bond acceptors (Lipinski definition) is 0. The lowest BCUT2D eigenvalue weighted by Crippen LogP contribution is -2.34. The Kier molecular flexibility index (Phi) is 1.20. The summed E-state index contributed by atoms with van der Waals surface area (Å²) in [6.45, 7) is 0. The summed E-state index contributed by atoms with van der Waals surface area (Å²) >= 11 is 10.8. The van der Waals surface area contributed by atoms with Crippen molar-refractivity contribution in [2.75, 3.05) is 0 Å². The normalized spacial score (nSPS) is 29.6. The summed E-state index contributed by atoms with van der Waals surface area (Å²) in [5.41, 5.74) is 0. The molecule has 42 valence electrons. The fourth-order valence-corrected chi connectivity index (χ4v) is 1.26. The van der Waals surface area contributed by atoms with Crippen LogP contribution in [-0.2, 0) is 0 Å². The molecule has 0 heterocycles. The lowest BCUT2D eigenvalue weighted by Gasteiger charge is -2.32. The maximum atomic E-state index is 11.8. The zero-order valence-electron chi connectivity index (χ0n) is 3.63. The summed E-state index contributed by atoms with van der Waals surface area (Å²) in [5, 5.41) is 0. The molecule has 0 nitrogen and oxygen atoms in total. The van der Waals surface area contributed by atoms with Gasteiger partial charge in [-0.25, -0.2) is 4.39 Å². The van der Waals surface area contributed by atoms with Gasteiger partial charge in [0.15, 0.2) is 0 Å². The smallest absolute Gasteiger partial charge is 0.123 e. The van der Waals surface area contributed by atoms with Crippen LogP contribution in [0, 0.1) is 0 Å². The highest BCUT2D eigenvalue weighted by atomic mass is 35.5. The van der Waals surface area contributed by atoms with Crippen molar-refractivity contribution in [3.63, 3.8) is 0 Å². The molecular formula is C4H5Cl2F. The van der Waals surface area contributed by atoms with Gasteiger partial charge in [0.25, 0.3) is 0 Å². The second-order valence-corrected chi connectivity index (χ2v) is 3.50. The van der Waals surface area contributed by atoms with Crippen molar-refractivity contribution >= 4 is 23.2 Å². The third-order valence-corrected chi connectivity index (χ3v) is 1.66. The molecule has 0 saturated heterocycles. The summed E-state index contributed by atoms with van der Waals surface area (Å²) in [5.74, 6) is 0. The molecule has 0 aromatic rings. The van der Waals surface area contributed by atoms with Crippen LogP contribution in [0.4, 0.5) is 4.39 Å². The molecule has 0 N–H and O–H groups in total. The molecule has 0 atom stereocenters. The van der Waals surface area contributed by atoms with E-state index >= 15 is 0 Å². The molecule has 0 radical (unpaired) electrons. The van der Waals surface area contributed by atoms with Crippen LogP contribution in [0.3, 0.4) is 0 Å². The second-order valence-electron chi connectivity index (χ2n) is 1.86. The topological polar surface area (TPSA) is 0 Å². The zero-order valence-corrected chi connectivity index (χ0v) is 5.14. The first-order valence-corrected chi connectivity index (χ1v) is 2.88. The van der Waals surface area contributed by atoms with Crippen LogP contribution in [0.5, 0.6) is 0 Å². The van der Waals surface area contributed by atoms with E-state index < -0.39 is 10.5 Å². The van der Waals surface area contributed by atoms with Crippen LogP contribution in [0.25, 0.3) is 0 Å². The molecule has 0 unspecified atom stereocenters. The molecule has 1 rings (SSSR count). The highest BCUT2D eigenvalue weighted by Gasteiger charge is 2.41. The average Bonchev–Trinajstić information content (AvgIpc) is 1.27. The molecule has 0 spiro atoms. The van der Waals surface area contributed by atoms with Crippen molar-refractivity contribution in [2.45, 2.75) is 23.3 Å². The van der Waals surface area contributed by atoms with Crippen molar-refractivity contribution in [3.05, 3.63) is 0 Å². The van der Waals surface area contributed by atoms with Gasteiger partial charge in [-0.05, 0) is 0 Å². The van der Waals surface area contributed by atoms with Gasteiger partial charge in [0.05, 0.1) is 0 Å². The monoisotopic (exact) mass is 142 g/mol. The highest BCUT2D eigenvalue weighted by molar-refractivity contribution is 6.49. The van der Waals surface area contributed by atoms with Crippen LogP contribution in [0.15, 0.2) is 0 Å². The Morgan fingerprint density at radius 2 is 1.86 bits per heavy atom. The van der Waals surface area contributed by atoms with E-state index in [1.807, 2.05) is 0 Å².